The molecule has 0 aromatic heterocycles. The van der Waals surface area contributed by atoms with E-state index in [-0.39, 0.29) is 12.0 Å². The molecule has 1 aromatic rings. The fourth-order valence-corrected chi connectivity index (χ4v) is 1.82. The maximum absolute atomic E-state index is 11.7. The van der Waals surface area contributed by atoms with Crippen molar-refractivity contribution in [3.63, 3.8) is 0 Å². The molecule has 0 fully saturated rings. The van der Waals surface area contributed by atoms with E-state index in [0.29, 0.717) is 4.61 Å². The van der Waals surface area contributed by atoms with Crippen LogP contribution in [0.25, 0.3) is 0 Å². The number of alkyl halides is 1. The van der Waals surface area contributed by atoms with Crippen LogP contribution in [-0.2, 0) is 9.53 Å². The Morgan fingerprint density at radius 3 is 2.78 bits per heavy atom. The predicted molar refractivity (Wildman–Crippen MR) is 82.3 cm³/mol. The summed E-state index contributed by atoms with van der Waals surface area (Å²) in [6.45, 7) is 2.10. The molecule has 0 bridgehead atoms. The maximum atomic E-state index is 11.7. The van der Waals surface area contributed by atoms with Gasteiger partial charge in [-0.25, -0.2) is 4.79 Å². The van der Waals surface area contributed by atoms with Gasteiger partial charge in [0, 0.05) is 6.21 Å². The van der Waals surface area contributed by atoms with Gasteiger partial charge in [-0.15, -0.1) is 0 Å². The van der Waals surface area contributed by atoms with Gasteiger partial charge in [-0.1, -0.05) is 50.1 Å². The average molecular weight is 359 g/mol. The fourth-order valence-electron chi connectivity index (χ4n) is 1.52. The monoisotopic (exact) mass is 359 g/mol. The van der Waals surface area contributed by atoms with Crippen LogP contribution >= 0.6 is 22.6 Å². The van der Waals surface area contributed by atoms with Crippen LogP contribution in [0.4, 0.5) is 0 Å². The number of ether oxygens (including phenoxy) is 1. The van der Waals surface area contributed by atoms with Crippen molar-refractivity contribution in [2.75, 3.05) is 4.61 Å². The zero-order valence-electron chi connectivity index (χ0n) is 10.5. The van der Waals surface area contributed by atoms with Crippen molar-refractivity contribution in [2.45, 2.75) is 32.2 Å². The lowest BCUT2D eigenvalue weighted by Crippen LogP contribution is -2.21. The van der Waals surface area contributed by atoms with Gasteiger partial charge in [-0.2, -0.15) is 0 Å². The van der Waals surface area contributed by atoms with Crippen LogP contribution in [0.15, 0.2) is 35.3 Å². The highest BCUT2D eigenvalue weighted by molar-refractivity contribution is 14.1. The van der Waals surface area contributed by atoms with Gasteiger partial charge in [0.1, 0.15) is 10.7 Å². The molecule has 0 heterocycles. The van der Waals surface area contributed by atoms with E-state index in [1.54, 1.807) is 6.21 Å². The summed E-state index contributed by atoms with van der Waals surface area (Å²) in [6.07, 6.45) is 4.52. The van der Waals surface area contributed by atoms with Gasteiger partial charge in [0.2, 0.25) is 0 Å². The first-order chi connectivity index (χ1) is 8.77. The van der Waals surface area contributed by atoms with E-state index >= 15 is 0 Å². The molecule has 0 amide bonds. The summed E-state index contributed by atoms with van der Waals surface area (Å²) in [5.41, 5.74) is 1.00. The van der Waals surface area contributed by atoms with Crippen molar-refractivity contribution in [3.05, 3.63) is 35.9 Å². The van der Waals surface area contributed by atoms with Crippen molar-refractivity contribution < 1.29 is 9.53 Å². The molecule has 1 unspecified atom stereocenters. The van der Waals surface area contributed by atoms with E-state index in [4.69, 9.17) is 4.74 Å². The molecule has 3 nitrogen and oxygen atoms in total. The van der Waals surface area contributed by atoms with Crippen molar-refractivity contribution >= 4 is 34.8 Å². The Bertz CT molecular complexity index is 379. The summed E-state index contributed by atoms with van der Waals surface area (Å²) in [4.78, 5) is 16.1. The van der Waals surface area contributed by atoms with Crippen LogP contribution in [0.1, 0.15) is 31.7 Å². The van der Waals surface area contributed by atoms with Crippen LogP contribution in [-0.4, -0.2) is 22.8 Å². The molecule has 1 atom stereocenters. The fraction of sp³-hybridized carbons (Fsp3) is 0.429. The van der Waals surface area contributed by atoms with E-state index < -0.39 is 0 Å². The second-order valence-corrected chi connectivity index (χ2v) is 4.54. The minimum atomic E-state index is -0.375. The lowest BCUT2D eigenvalue weighted by atomic mass is 10.1. The number of aliphatic imine (C=N–C) groups is 1. The van der Waals surface area contributed by atoms with E-state index in [9.17, 15) is 4.79 Å². The highest BCUT2D eigenvalue weighted by Crippen LogP contribution is 2.08. The first-order valence-corrected chi connectivity index (χ1v) is 7.61. The Morgan fingerprint density at radius 2 is 2.17 bits per heavy atom. The number of benzene rings is 1. The van der Waals surface area contributed by atoms with Gasteiger partial charge in [-0.3, -0.25) is 4.99 Å². The van der Waals surface area contributed by atoms with Crippen LogP contribution in [0.2, 0.25) is 0 Å². The summed E-state index contributed by atoms with van der Waals surface area (Å²) in [6, 6.07) is 9.40. The molecular formula is C14H18INO2. The van der Waals surface area contributed by atoms with Gasteiger partial charge in [0.15, 0.2) is 0 Å². The summed E-state index contributed by atoms with van der Waals surface area (Å²) < 4.78 is 5.40. The third-order valence-electron chi connectivity index (χ3n) is 2.50. The topological polar surface area (TPSA) is 38.7 Å². The number of nitrogens with zero attached hydrogens (tertiary/aromatic N) is 1. The molecule has 0 N–H and O–H groups in total. The molecule has 1 aromatic carbocycles. The lowest BCUT2D eigenvalue weighted by molar-refractivity contribution is -0.142. The molecule has 0 radical (unpaired) electrons. The van der Waals surface area contributed by atoms with Gasteiger partial charge in [0.05, 0.1) is 0 Å². The first-order valence-electron chi connectivity index (χ1n) is 6.08. The summed E-state index contributed by atoms with van der Waals surface area (Å²) in [5.74, 6) is -0.231. The van der Waals surface area contributed by atoms with E-state index in [2.05, 4.69) is 11.9 Å². The molecule has 0 aliphatic rings. The van der Waals surface area contributed by atoms with Crippen LogP contribution in [0, 0.1) is 0 Å². The molecule has 4 heteroatoms. The summed E-state index contributed by atoms with van der Waals surface area (Å²) in [5, 5.41) is 0. The zero-order chi connectivity index (χ0) is 13.2. The summed E-state index contributed by atoms with van der Waals surface area (Å²) in [7, 11) is 0. The van der Waals surface area contributed by atoms with Gasteiger partial charge >= 0.3 is 5.97 Å². The normalized spacial score (nSPS) is 12.6. The number of unbranched alkanes of at least 4 members (excludes halogenated alkanes) is 1. The minimum absolute atomic E-state index is 0.231. The Morgan fingerprint density at radius 1 is 1.44 bits per heavy atom. The Labute approximate surface area is 122 Å². The molecule has 0 saturated heterocycles. The van der Waals surface area contributed by atoms with Crippen LogP contribution in [0.5, 0.6) is 0 Å². The standard InChI is InChI=1S/C14H18INO2/c1-2-3-9-13(14(17)18-11-15)16-10-12-7-5-4-6-8-12/h4-8,10,13H,2-3,9,11H2,1H3/b16-10+. The van der Waals surface area contributed by atoms with Crippen molar-refractivity contribution in [1.82, 2.24) is 0 Å². The quantitative estimate of drug-likeness (QED) is 0.323. The number of hydrogen-bond donors (Lipinski definition) is 0. The zero-order valence-corrected chi connectivity index (χ0v) is 12.7. The third kappa shape index (κ3) is 5.62. The van der Waals surface area contributed by atoms with Gasteiger partial charge in [-0.05, 0) is 34.6 Å². The van der Waals surface area contributed by atoms with Crippen molar-refractivity contribution in [3.8, 4) is 0 Å². The second kappa shape index (κ2) is 9.08. The van der Waals surface area contributed by atoms with E-state index in [0.717, 1.165) is 24.8 Å². The molecule has 18 heavy (non-hydrogen) atoms. The minimum Gasteiger partial charge on any atom is -0.453 e. The molecule has 0 saturated carbocycles. The number of carbonyl (C=O) groups is 1. The molecule has 0 spiro atoms. The number of hydrogen-bond acceptors (Lipinski definition) is 3. The Balaban J connectivity index is 2.65. The predicted octanol–water partition coefficient (Wildman–Crippen LogP) is 3.60. The Kier molecular flexibility index (Phi) is 7.64. The SMILES string of the molecule is CCCCC(/N=C/c1ccccc1)C(=O)OCI. The maximum Gasteiger partial charge on any atom is 0.331 e. The number of rotatable bonds is 7. The highest BCUT2D eigenvalue weighted by Gasteiger charge is 2.17. The van der Waals surface area contributed by atoms with Crippen molar-refractivity contribution in [2.24, 2.45) is 4.99 Å². The van der Waals surface area contributed by atoms with E-state index in [1.165, 1.54) is 0 Å². The number of carbonyl (C=O) groups excluding carboxylic acids is 1. The largest absolute Gasteiger partial charge is 0.453 e. The molecular weight excluding hydrogens is 341 g/mol. The molecule has 0 aliphatic carbocycles. The molecule has 1 rings (SSSR count). The smallest absolute Gasteiger partial charge is 0.331 e. The van der Waals surface area contributed by atoms with Crippen LogP contribution in [0.3, 0.4) is 0 Å². The van der Waals surface area contributed by atoms with Crippen LogP contribution < -0.4 is 0 Å². The number of esters is 1. The molecule has 0 aliphatic heterocycles. The second-order valence-electron chi connectivity index (χ2n) is 3.92. The first kappa shape index (κ1) is 15.1. The third-order valence-corrected chi connectivity index (χ3v) is 2.81. The van der Waals surface area contributed by atoms with E-state index in [1.807, 2.05) is 52.9 Å². The Hall–Kier alpha value is -0.910. The van der Waals surface area contributed by atoms with Gasteiger partial charge < -0.3 is 4.74 Å². The number of halogens is 1. The van der Waals surface area contributed by atoms with Gasteiger partial charge in [0.25, 0.3) is 0 Å². The van der Waals surface area contributed by atoms with Crippen molar-refractivity contribution in [1.29, 1.82) is 0 Å². The summed E-state index contributed by atoms with van der Waals surface area (Å²) >= 11 is 2.02. The average Bonchev–Trinajstić information content (AvgIpc) is 2.40. The molecule has 98 valence electrons. The highest BCUT2D eigenvalue weighted by atomic mass is 127. The lowest BCUT2D eigenvalue weighted by Gasteiger charge is -2.10.